The molecule has 2 rings (SSSR count). The lowest BCUT2D eigenvalue weighted by molar-refractivity contribution is 0.0844. The zero-order chi connectivity index (χ0) is 15.1. The third-order valence-corrected chi connectivity index (χ3v) is 4.03. The Bertz CT molecular complexity index is 447. The van der Waals surface area contributed by atoms with Crippen LogP contribution in [0.5, 0.6) is 0 Å². The van der Waals surface area contributed by atoms with Crippen molar-refractivity contribution in [2.45, 2.75) is 45.2 Å². The average molecular weight is 294 g/mol. The number of rotatable bonds is 7. The lowest BCUT2D eigenvalue weighted by Crippen LogP contribution is -2.45. The number of nitrogens with one attached hydrogen (secondary N) is 1. The van der Waals surface area contributed by atoms with Gasteiger partial charge in [0.2, 0.25) is 0 Å². The van der Waals surface area contributed by atoms with Crippen molar-refractivity contribution >= 4 is 5.91 Å². The van der Waals surface area contributed by atoms with Gasteiger partial charge in [0.1, 0.15) is 5.69 Å². The van der Waals surface area contributed by atoms with Crippen LogP contribution in [0.1, 0.15) is 43.1 Å². The van der Waals surface area contributed by atoms with Gasteiger partial charge in [-0.15, -0.1) is 0 Å². The number of likely N-dealkylation sites (tertiary alicyclic amines) is 1. The zero-order valence-electron chi connectivity index (χ0n) is 12.8. The average Bonchev–Trinajstić information content (AvgIpc) is 2.96. The molecule has 0 aromatic carbocycles. The Kier molecular flexibility index (Phi) is 6.20. The van der Waals surface area contributed by atoms with E-state index in [0.29, 0.717) is 12.2 Å². The summed E-state index contributed by atoms with van der Waals surface area (Å²) < 4.78 is 1.74. The minimum Gasteiger partial charge on any atom is -0.395 e. The van der Waals surface area contributed by atoms with Crippen LogP contribution in [0.2, 0.25) is 0 Å². The molecule has 1 saturated heterocycles. The molecule has 1 aromatic heterocycles. The molecule has 0 bridgehead atoms. The molecule has 118 valence electrons. The lowest BCUT2D eigenvalue weighted by Gasteiger charge is -2.34. The molecular formula is C15H26N4O2. The van der Waals surface area contributed by atoms with Crippen molar-refractivity contribution in [3.63, 3.8) is 0 Å². The Morgan fingerprint density at radius 2 is 2.33 bits per heavy atom. The van der Waals surface area contributed by atoms with Gasteiger partial charge in [0.15, 0.2) is 0 Å². The second kappa shape index (κ2) is 8.14. The number of amides is 1. The molecule has 1 aliphatic heterocycles. The molecule has 1 unspecified atom stereocenters. The predicted molar refractivity (Wildman–Crippen MR) is 81.1 cm³/mol. The van der Waals surface area contributed by atoms with Gasteiger partial charge in [0.25, 0.3) is 5.91 Å². The summed E-state index contributed by atoms with van der Waals surface area (Å²) in [5.41, 5.74) is 0.620. The Labute approximate surface area is 126 Å². The van der Waals surface area contributed by atoms with E-state index in [2.05, 4.69) is 22.2 Å². The standard InChI is InChI=1S/C15H26N4O2/c1-2-9-19-14(6-7-17-19)15(21)16-8-11-18-10-4-3-5-13(18)12-20/h6-7,13,20H,2-5,8-12H2,1H3,(H,16,21). The molecule has 1 aliphatic rings. The van der Waals surface area contributed by atoms with Crippen molar-refractivity contribution in [2.24, 2.45) is 0 Å². The van der Waals surface area contributed by atoms with E-state index in [1.165, 1.54) is 12.8 Å². The molecule has 6 nitrogen and oxygen atoms in total. The predicted octanol–water partition coefficient (Wildman–Crippen LogP) is 0.870. The summed E-state index contributed by atoms with van der Waals surface area (Å²) in [6.45, 7) is 5.43. The van der Waals surface area contributed by atoms with Crippen molar-refractivity contribution < 1.29 is 9.90 Å². The highest BCUT2D eigenvalue weighted by Gasteiger charge is 2.21. The molecule has 1 atom stereocenters. The molecule has 21 heavy (non-hydrogen) atoms. The van der Waals surface area contributed by atoms with Crippen molar-refractivity contribution in [3.05, 3.63) is 18.0 Å². The summed E-state index contributed by atoms with van der Waals surface area (Å²) in [4.78, 5) is 14.4. The third kappa shape index (κ3) is 4.28. The summed E-state index contributed by atoms with van der Waals surface area (Å²) >= 11 is 0. The second-order valence-corrected chi connectivity index (χ2v) is 5.56. The van der Waals surface area contributed by atoms with E-state index in [1.807, 2.05) is 0 Å². The van der Waals surface area contributed by atoms with Crippen LogP contribution in [0.4, 0.5) is 0 Å². The maximum atomic E-state index is 12.2. The van der Waals surface area contributed by atoms with Gasteiger partial charge >= 0.3 is 0 Å². The number of piperidine rings is 1. The molecular weight excluding hydrogens is 268 g/mol. The van der Waals surface area contributed by atoms with Crippen LogP contribution in [0.3, 0.4) is 0 Å². The number of hydrogen-bond acceptors (Lipinski definition) is 4. The molecule has 0 radical (unpaired) electrons. The highest BCUT2D eigenvalue weighted by Crippen LogP contribution is 2.15. The summed E-state index contributed by atoms with van der Waals surface area (Å²) in [6.07, 6.45) is 6.02. The van der Waals surface area contributed by atoms with E-state index in [4.69, 9.17) is 0 Å². The highest BCUT2D eigenvalue weighted by molar-refractivity contribution is 5.92. The van der Waals surface area contributed by atoms with Gasteiger partial charge in [-0.1, -0.05) is 13.3 Å². The minimum absolute atomic E-state index is 0.0708. The largest absolute Gasteiger partial charge is 0.395 e. The van der Waals surface area contributed by atoms with Crippen molar-refractivity contribution in [1.82, 2.24) is 20.0 Å². The Morgan fingerprint density at radius 3 is 3.10 bits per heavy atom. The number of aliphatic hydroxyl groups excluding tert-OH is 1. The second-order valence-electron chi connectivity index (χ2n) is 5.56. The number of hydrogen-bond donors (Lipinski definition) is 2. The highest BCUT2D eigenvalue weighted by atomic mass is 16.3. The van der Waals surface area contributed by atoms with E-state index < -0.39 is 0 Å². The fourth-order valence-corrected chi connectivity index (χ4v) is 2.88. The zero-order valence-corrected chi connectivity index (χ0v) is 12.8. The fraction of sp³-hybridized carbons (Fsp3) is 0.733. The Morgan fingerprint density at radius 1 is 1.48 bits per heavy atom. The molecule has 1 fully saturated rings. The van der Waals surface area contributed by atoms with E-state index in [9.17, 15) is 9.90 Å². The van der Waals surface area contributed by atoms with Crippen LogP contribution in [0.25, 0.3) is 0 Å². The summed E-state index contributed by atoms with van der Waals surface area (Å²) in [6, 6.07) is 2.00. The lowest BCUT2D eigenvalue weighted by atomic mass is 10.0. The summed E-state index contributed by atoms with van der Waals surface area (Å²) in [5, 5.41) is 16.5. The van der Waals surface area contributed by atoms with Crippen LogP contribution in [0, 0.1) is 0 Å². The molecule has 6 heteroatoms. The van der Waals surface area contributed by atoms with Crippen LogP contribution in [0.15, 0.2) is 12.3 Å². The number of nitrogens with zero attached hydrogens (tertiary/aromatic N) is 3. The first-order chi connectivity index (χ1) is 10.3. The van der Waals surface area contributed by atoms with Gasteiger partial charge in [-0.2, -0.15) is 5.10 Å². The first-order valence-corrected chi connectivity index (χ1v) is 7.91. The molecule has 0 aliphatic carbocycles. The topological polar surface area (TPSA) is 70.4 Å². The van der Waals surface area contributed by atoms with Gasteiger partial charge in [-0.25, -0.2) is 0 Å². The normalized spacial score (nSPS) is 19.6. The van der Waals surface area contributed by atoms with Crippen LogP contribution >= 0.6 is 0 Å². The van der Waals surface area contributed by atoms with Gasteiger partial charge in [-0.05, 0) is 31.9 Å². The molecule has 1 aromatic rings. The number of aromatic nitrogens is 2. The number of carbonyl (C=O) groups is 1. The summed E-state index contributed by atoms with van der Waals surface area (Å²) in [5.74, 6) is -0.0708. The summed E-state index contributed by atoms with van der Waals surface area (Å²) in [7, 11) is 0. The molecule has 2 N–H and O–H groups in total. The van der Waals surface area contributed by atoms with Gasteiger partial charge in [0, 0.05) is 31.9 Å². The number of aliphatic hydroxyl groups is 1. The Balaban J connectivity index is 1.79. The SMILES string of the molecule is CCCn1nccc1C(=O)NCCN1CCCCC1CO. The van der Waals surface area contributed by atoms with E-state index in [0.717, 1.165) is 32.5 Å². The molecule has 0 spiro atoms. The van der Waals surface area contributed by atoms with Gasteiger partial charge < -0.3 is 10.4 Å². The Hall–Kier alpha value is -1.40. The maximum Gasteiger partial charge on any atom is 0.269 e. The number of carbonyl (C=O) groups excluding carboxylic acids is 1. The van der Waals surface area contributed by atoms with Crippen LogP contribution < -0.4 is 5.32 Å². The van der Waals surface area contributed by atoms with Gasteiger partial charge in [-0.3, -0.25) is 14.4 Å². The van der Waals surface area contributed by atoms with E-state index in [1.54, 1.807) is 16.9 Å². The van der Waals surface area contributed by atoms with Crippen molar-refractivity contribution in [2.75, 3.05) is 26.2 Å². The van der Waals surface area contributed by atoms with Crippen LogP contribution in [-0.2, 0) is 6.54 Å². The minimum atomic E-state index is -0.0708. The van der Waals surface area contributed by atoms with Crippen molar-refractivity contribution in [1.29, 1.82) is 0 Å². The number of aryl methyl sites for hydroxylation is 1. The van der Waals surface area contributed by atoms with Crippen molar-refractivity contribution in [3.8, 4) is 0 Å². The fourth-order valence-electron chi connectivity index (χ4n) is 2.88. The first kappa shape index (κ1) is 16.0. The molecule has 2 heterocycles. The van der Waals surface area contributed by atoms with Crippen LogP contribution in [-0.4, -0.2) is 58.0 Å². The third-order valence-electron chi connectivity index (χ3n) is 4.03. The first-order valence-electron chi connectivity index (χ1n) is 7.91. The quantitative estimate of drug-likeness (QED) is 0.783. The maximum absolute atomic E-state index is 12.2. The molecule has 1 amide bonds. The van der Waals surface area contributed by atoms with Gasteiger partial charge in [0.05, 0.1) is 6.61 Å². The van der Waals surface area contributed by atoms with E-state index >= 15 is 0 Å². The molecule has 0 saturated carbocycles. The van der Waals surface area contributed by atoms with E-state index in [-0.39, 0.29) is 18.6 Å². The smallest absolute Gasteiger partial charge is 0.269 e. The monoisotopic (exact) mass is 294 g/mol.